The molecule has 2 aromatic rings. The third kappa shape index (κ3) is 4.86. The molecule has 0 aromatic heterocycles. The number of piperidine rings is 1. The van der Waals surface area contributed by atoms with Crippen molar-refractivity contribution in [3.05, 3.63) is 59.7 Å². The fraction of sp³-hybridized carbons (Fsp3) is 0.333. The van der Waals surface area contributed by atoms with Crippen molar-refractivity contribution < 1.29 is 19.4 Å². The summed E-state index contributed by atoms with van der Waals surface area (Å²) in [6.07, 6.45) is 2.65. The van der Waals surface area contributed by atoms with Crippen LogP contribution in [0.3, 0.4) is 0 Å². The molecule has 0 aliphatic carbocycles. The van der Waals surface area contributed by atoms with Gasteiger partial charge in [0.05, 0.1) is 7.11 Å². The molecular weight excluding hydrogens is 344 g/mol. The van der Waals surface area contributed by atoms with Crippen molar-refractivity contribution in [1.82, 2.24) is 4.90 Å². The number of anilines is 1. The number of nitrogens with one attached hydrogen (secondary N) is 1. The fourth-order valence-electron chi connectivity index (χ4n) is 3.39. The van der Waals surface area contributed by atoms with Gasteiger partial charge in [0.15, 0.2) is 0 Å². The van der Waals surface area contributed by atoms with Crippen LogP contribution in [0.4, 0.5) is 5.69 Å². The first-order chi connectivity index (χ1) is 13.1. The minimum Gasteiger partial charge on any atom is -0.497 e. The number of carboxylic acids is 1. The zero-order valence-electron chi connectivity index (χ0n) is 15.4. The first-order valence-corrected chi connectivity index (χ1v) is 9.08. The first kappa shape index (κ1) is 18.9. The molecule has 6 nitrogen and oxygen atoms in total. The number of carbonyl (C=O) groups excluding carboxylic acids is 1. The molecule has 6 heteroatoms. The van der Waals surface area contributed by atoms with Gasteiger partial charge in [-0.15, -0.1) is 0 Å². The number of carbonyl (C=O) groups is 2. The van der Waals surface area contributed by atoms with E-state index in [2.05, 4.69) is 5.32 Å². The van der Waals surface area contributed by atoms with Gasteiger partial charge in [0.1, 0.15) is 11.8 Å². The molecular formula is C21H24N2O4. The van der Waals surface area contributed by atoms with E-state index in [4.69, 9.17) is 4.74 Å². The van der Waals surface area contributed by atoms with Gasteiger partial charge in [-0.3, -0.25) is 14.5 Å². The van der Waals surface area contributed by atoms with Gasteiger partial charge in [-0.2, -0.15) is 0 Å². The van der Waals surface area contributed by atoms with Crippen LogP contribution in [0.5, 0.6) is 5.75 Å². The lowest BCUT2D eigenvalue weighted by molar-refractivity contribution is -0.144. The molecule has 2 aromatic carbocycles. The Balaban J connectivity index is 1.67. The summed E-state index contributed by atoms with van der Waals surface area (Å²) in [6.45, 7) is 1.34. The van der Waals surface area contributed by atoms with Crippen LogP contribution in [0, 0.1) is 0 Å². The van der Waals surface area contributed by atoms with Crippen LogP contribution in [0.2, 0.25) is 0 Å². The lowest BCUT2D eigenvalue weighted by atomic mass is 10.0. The summed E-state index contributed by atoms with van der Waals surface area (Å²) >= 11 is 0. The lowest BCUT2D eigenvalue weighted by Crippen LogP contribution is -2.43. The molecule has 1 unspecified atom stereocenters. The molecule has 1 aliphatic rings. The van der Waals surface area contributed by atoms with E-state index in [1.807, 2.05) is 29.2 Å². The highest BCUT2D eigenvalue weighted by molar-refractivity contribution is 6.04. The highest BCUT2D eigenvalue weighted by Gasteiger charge is 2.28. The van der Waals surface area contributed by atoms with E-state index >= 15 is 0 Å². The van der Waals surface area contributed by atoms with Crippen molar-refractivity contribution in [2.24, 2.45) is 0 Å². The molecule has 1 saturated heterocycles. The number of amides is 1. The number of rotatable bonds is 6. The molecule has 0 radical (unpaired) electrons. The average Bonchev–Trinajstić information content (AvgIpc) is 2.68. The molecule has 1 aliphatic heterocycles. The van der Waals surface area contributed by atoms with E-state index in [1.165, 1.54) is 0 Å². The molecule has 142 valence electrons. The lowest BCUT2D eigenvalue weighted by Gasteiger charge is -2.32. The van der Waals surface area contributed by atoms with E-state index in [0.717, 1.165) is 24.9 Å². The Morgan fingerprint density at radius 3 is 2.67 bits per heavy atom. The number of aliphatic carboxylic acids is 1. The summed E-state index contributed by atoms with van der Waals surface area (Å²) in [6, 6.07) is 14.0. The summed E-state index contributed by atoms with van der Waals surface area (Å²) in [5.74, 6) is -0.266. The quantitative estimate of drug-likeness (QED) is 0.817. The van der Waals surface area contributed by atoms with Crippen LogP contribution in [0.15, 0.2) is 48.5 Å². The number of hydrogen-bond acceptors (Lipinski definition) is 4. The summed E-state index contributed by atoms with van der Waals surface area (Å²) in [5, 5.41) is 12.3. The molecule has 1 fully saturated rings. The van der Waals surface area contributed by atoms with Crippen molar-refractivity contribution in [3.8, 4) is 5.75 Å². The van der Waals surface area contributed by atoms with E-state index in [-0.39, 0.29) is 5.91 Å². The van der Waals surface area contributed by atoms with Gasteiger partial charge >= 0.3 is 5.97 Å². The number of nitrogens with zero attached hydrogens (tertiary/aromatic N) is 1. The number of likely N-dealkylation sites (tertiary alicyclic amines) is 1. The number of carboxylic acid groups (broad SMARTS) is 1. The third-order valence-electron chi connectivity index (χ3n) is 4.82. The zero-order chi connectivity index (χ0) is 19.2. The maximum absolute atomic E-state index is 12.4. The summed E-state index contributed by atoms with van der Waals surface area (Å²) in [4.78, 5) is 25.9. The number of methoxy groups -OCH3 is 1. The average molecular weight is 368 g/mol. The Labute approximate surface area is 158 Å². The highest BCUT2D eigenvalue weighted by atomic mass is 16.5. The van der Waals surface area contributed by atoms with E-state index < -0.39 is 12.0 Å². The Kier molecular flexibility index (Phi) is 6.08. The van der Waals surface area contributed by atoms with Crippen molar-refractivity contribution in [3.63, 3.8) is 0 Å². The maximum Gasteiger partial charge on any atom is 0.320 e. The molecule has 0 spiro atoms. The molecule has 1 heterocycles. The van der Waals surface area contributed by atoms with E-state index in [0.29, 0.717) is 30.0 Å². The van der Waals surface area contributed by atoms with Gasteiger partial charge < -0.3 is 15.2 Å². The van der Waals surface area contributed by atoms with Gasteiger partial charge in [0, 0.05) is 17.8 Å². The molecule has 27 heavy (non-hydrogen) atoms. The second kappa shape index (κ2) is 8.68. The second-order valence-electron chi connectivity index (χ2n) is 6.70. The van der Waals surface area contributed by atoms with E-state index in [1.54, 1.807) is 31.4 Å². The van der Waals surface area contributed by atoms with Gasteiger partial charge in [0.2, 0.25) is 0 Å². The Bertz CT molecular complexity index is 804. The van der Waals surface area contributed by atoms with Crippen molar-refractivity contribution in [2.45, 2.75) is 31.8 Å². The number of benzene rings is 2. The van der Waals surface area contributed by atoms with Crippen molar-refractivity contribution in [2.75, 3.05) is 19.0 Å². The third-order valence-corrected chi connectivity index (χ3v) is 4.82. The van der Waals surface area contributed by atoms with E-state index in [9.17, 15) is 14.7 Å². The van der Waals surface area contributed by atoms with Crippen LogP contribution in [0.25, 0.3) is 0 Å². The zero-order valence-corrected chi connectivity index (χ0v) is 15.4. The van der Waals surface area contributed by atoms with Crippen LogP contribution >= 0.6 is 0 Å². The predicted molar refractivity (Wildman–Crippen MR) is 103 cm³/mol. The Hall–Kier alpha value is -2.86. The van der Waals surface area contributed by atoms with Gasteiger partial charge in [-0.05, 0) is 61.3 Å². The SMILES string of the molecule is COc1ccc(C(=O)Nc2cccc(CN3CCCCC3C(=O)O)c2)cc1. The largest absolute Gasteiger partial charge is 0.497 e. The standard InChI is InChI=1S/C21H24N2O4/c1-27-18-10-8-16(9-11-18)20(24)22-17-6-4-5-15(13-17)14-23-12-3-2-7-19(23)21(25)26/h4-6,8-11,13,19H,2-3,7,12,14H2,1H3,(H,22,24)(H,25,26). The van der Waals surface area contributed by atoms with Crippen LogP contribution in [-0.2, 0) is 11.3 Å². The van der Waals surface area contributed by atoms with Crippen molar-refractivity contribution in [1.29, 1.82) is 0 Å². The van der Waals surface area contributed by atoms with Crippen LogP contribution in [-0.4, -0.2) is 41.6 Å². The Morgan fingerprint density at radius 2 is 1.96 bits per heavy atom. The van der Waals surface area contributed by atoms with Gasteiger partial charge in [-0.25, -0.2) is 0 Å². The number of hydrogen-bond donors (Lipinski definition) is 2. The molecule has 1 atom stereocenters. The van der Waals surface area contributed by atoms with Gasteiger partial charge in [-0.1, -0.05) is 18.6 Å². The predicted octanol–water partition coefficient (Wildman–Crippen LogP) is 3.39. The van der Waals surface area contributed by atoms with Crippen LogP contribution in [0.1, 0.15) is 35.2 Å². The minimum atomic E-state index is -0.765. The smallest absolute Gasteiger partial charge is 0.320 e. The molecule has 3 rings (SSSR count). The van der Waals surface area contributed by atoms with Gasteiger partial charge in [0.25, 0.3) is 5.91 Å². The topological polar surface area (TPSA) is 78.9 Å². The summed E-state index contributed by atoms with van der Waals surface area (Å²) in [7, 11) is 1.58. The summed E-state index contributed by atoms with van der Waals surface area (Å²) in [5.41, 5.74) is 2.22. The monoisotopic (exact) mass is 368 g/mol. The molecule has 0 saturated carbocycles. The molecule has 1 amide bonds. The first-order valence-electron chi connectivity index (χ1n) is 9.08. The maximum atomic E-state index is 12.4. The second-order valence-corrected chi connectivity index (χ2v) is 6.70. The summed E-state index contributed by atoms with van der Waals surface area (Å²) < 4.78 is 5.10. The normalized spacial score (nSPS) is 17.3. The number of ether oxygens (including phenoxy) is 1. The Morgan fingerprint density at radius 1 is 1.19 bits per heavy atom. The molecule has 0 bridgehead atoms. The van der Waals surface area contributed by atoms with Crippen molar-refractivity contribution >= 4 is 17.6 Å². The molecule has 2 N–H and O–H groups in total. The minimum absolute atomic E-state index is 0.198. The highest BCUT2D eigenvalue weighted by Crippen LogP contribution is 2.21. The fourth-order valence-corrected chi connectivity index (χ4v) is 3.39. The van der Waals surface area contributed by atoms with Crippen LogP contribution < -0.4 is 10.1 Å².